The van der Waals surface area contributed by atoms with E-state index >= 15 is 0 Å². The number of hydrogen-bond acceptors (Lipinski definition) is 8. The quantitative estimate of drug-likeness (QED) is 0.386. The maximum atomic E-state index is 12.5. The number of aromatic nitrogens is 1. The minimum atomic E-state index is -0.578. The van der Waals surface area contributed by atoms with Gasteiger partial charge in [0.15, 0.2) is 11.5 Å². The first-order valence-electron chi connectivity index (χ1n) is 10.7. The van der Waals surface area contributed by atoms with Crippen LogP contribution in [-0.2, 0) is 29.3 Å². The topological polar surface area (TPSA) is 99.9 Å². The number of nitrogens with zero attached hydrogens (tertiary/aromatic N) is 2. The standard InChI is InChI=1S/C26H26N2O6/c1-4-33-26(29)21-13-20(14-27)25(34-16-18-8-6-5-7-9-18)28-22(21)17-32-15-19-10-11-23(30-2)24(12-19)31-3/h5-13H,4,15-17H2,1-3H3. The number of methoxy groups -OCH3 is 2. The van der Waals surface area contributed by atoms with Crippen LogP contribution >= 0.6 is 0 Å². The zero-order valence-corrected chi connectivity index (χ0v) is 19.4. The van der Waals surface area contributed by atoms with Crippen molar-refractivity contribution in [3.8, 4) is 23.4 Å². The van der Waals surface area contributed by atoms with Gasteiger partial charge in [-0.05, 0) is 36.2 Å². The molecule has 3 aromatic rings. The number of hydrogen-bond donors (Lipinski definition) is 0. The summed E-state index contributed by atoms with van der Waals surface area (Å²) in [6.07, 6.45) is 0. The lowest BCUT2D eigenvalue weighted by Crippen LogP contribution is -2.13. The predicted octanol–water partition coefficient (Wildman–Crippen LogP) is 4.44. The molecule has 176 valence electrons. The Bertz CT molecular complexity index is 1160. The van der Waals surface area contributed by atoms with Gasteiger partial charge in [-0.1, -0.05) is 36.4 Å². The zero-order valence-electron chi connectivity index (χ0n) is 19.4. The van der Waals surface area contributed by atoms with Crippen LogP contribution in [0, 0.1) is 11.3 Å². The van der Waals surface area contributed by atoms with E-state index in [4.69, 9.17) is 23.7 Å². The molecule has 0 N–H and O–H groups in total. The summed E-state index contributed by atoms with van der Waals surface area (Å²) < 4.78 is 27.3. The van der Waals surface area contributed by atoms with E-state index in [1.807, 2.05) is 48.5 Å². The Labute approximate surface area is 198 Å². The Hall–Kier alpha value is -4.09. The molecule has 3 rings (SSSR count). The summed E-state index contributed by atoms with van der Waals surface area (Å²) in [4.78, 5) is 17.0. The molecule has 0 aliphatic heterocycles. The van der Waals surface area contributed by atoms with Crippen molar-refractivity contribution in [2.24, 2.45) is 0 Å². The normalized spacial score (nSPS) is 10.3. The van der Waals surface area contributed by atoms with E-state index < -0.39 is 5.97 Å². The molecule has 8 heteroatoms. The lowest BCUT2D eigenvalue weighted by Gasteiger charge is -2.14. The fraction of sp³-hybridized carbons (Fsp3) is 0.269. The molecule has 0 aliphatic rings. The van der Waals surface area contributed by atoms with Crippen molar-refractivity contribution in [1.82, 2.24) is 4.98 Å². The number of rotatable bonds is 11. The summed E-state index contributed by atoms with van der Waals surface area (Å²) in [6, 6.07) is 18.4. The molecule has 8 nitrogen and oxygen atoms in total. The molecule has 34 heavy (non-hydrogen) atoms. The van der Waals surface area contributed by atoms with E-state index in [2.05, 4.69) is 4.98 Å². The number of nitriles is 1. The third-order valence-corrected chi connectivity index (χ3v) is 4.86. The molecule has 2 aromatic carbocycles. The van der Waals surface area contributed by atoms with Crippen molar-refractivity contribution in [1.29, 1.82) is 5.26 Å². The molecule has 0 saturated heterocycles. The summed E-state index contributed by atoms with van der Waals surface area (Å²) in [5, 5.41) is 9.58. The molecular weight excluding hydrogens is 436 g/mol. The number of ether oxygens (including phenoxy) is 5. The maximum Gasteiger partial charge on any atom is 0.340 e. The summed E-state index contributed by atoms with van der Waals surface area (Å²) in [7, 11) is 3.13. The first-order valence-corrected chi connectivity index (χ1v) is 10.7. The molecule has 0 fully saturated rings. The van der Waals surface area contributed by atoms with Crippen molar-refractivity contribution in [3.05, 3.63) is 82.5 Å². The highest BCUT2D eigenvalue weighted by Gasteiger charge is 2.20. The van der Waals surface area contributed by atoms with Crippen molar-refractivity contribution in [2.45, 2.75) is 26.7 Å². The van der Waals surface area contributed by atoms with Gasteiger partial charge in [0, 0.05) is 0 Å². The van der Waals surface area contributed by atoms with Crippen LogP contribution in [0.25, 0.3) is 0 Å². The Kier molecular flexibility index (Phi) is 8.83. The van der Waals surface area contributed by atoms with Crippen molar-refractivity contribution in [2.75, 3.05) is 20.8 Å². The number of carbonyl (C=O) groups excluding carboxylic acids is 1. The SMILES string of the molecule is CCOC(=O)c1cc(C#N)c(OCc2ccccc2)nc1COCc1ccc(OC)c(OC)c1. The van der Waals surface area contributed by atoms with Gasteiger partial charge in [-0.25, -0.2) is 9.78 Å². The highest BCUT2D eigenvalue weighted by Crippen LogP contribution is 2.28. The zero-order chi connectivity index (χ0) is 24.3. The molecule has 0 bridgehead atoms. The van der Waals surface area contributed by atoms with Gasteiger partial charge in [0.05, 0.1) is 45.3 Å². The monoisotopic (exact) mass is 462 g/mol. The van der Waals surface area contributed by atoms with Gasteiger partial charge in [0.2, 0.25) is 5.88 Å². The minimum Gasteiger partial charge on any atom is -0.493 e. The van der Waals surface area contributed by atoms with E-state index in [0.717, 1.165) is 11.1 Å². The second-order valence-electron chi connectivity index (χ2n) is 7.12. The van der Waals surface area contributed by atoms with Crippen molar-refractivity contribution < 1.29 is 28.5 Å². The van der Waals surface area contributed by atoms with Crippen LogP contribution in [0.15, 0.2) is 54.6 Å². The average molecular weight is 463 g/mol. The van der Waals surface area contributed by atoms with Crippen LogP contribution in [0.5, 0.6) is 17.4 Å². The second kappa shape index (κ2) is 12.2. The van der Waals surface area contributed by atoms with Gasteiger partial charge in [0.1, 0.15) is 18.2 Å². The molecule has 0 spiro atoms. The van der Waals surface area contributed by atoms with E-state index in [9.17, 15) is 10.1 Å². The third-order valence-electron chi connectivity index (χ3n) is 4.86. The molecular formula is C26H26N2O6. The fourth-order valence-electron chi connectivity index (χ4n) is 3.18. The lowest BCUT2D eigenvalue weighted by molar-refractivity contribution is 0.0514. The Morgan fingerprint density at radius 2 is 1.71 bits per heavy atom. The molecule has 0 saturated carbocycles. The minimum absolute atomic E-state index is 0.00982. The molecule has 0 radical (unpaired) electrons. The van der Waals surface area contributed by atoms with Gasteiger partial charge in [0.25, 0.3) is 0 Å². The molecule has 1 heterocycles. The molecule has 0 atom stereocenters. The van der Waals surface area contributed by atoms with Crippen LogP contribution in [0.1, 0.15) is 39.7 Å². The summed E-state index contributed by atoms with van der Waals surface area (Å²) in [6.45, 7) is 2.38. The Balaban J connectivity index is 1.81. The molecule has 0 aliphatic carbocycles. The fourth-order valence-corrected chi connectivity index (χ4v) is 3.18. The smallest absolute Gasteiger partial charge is 0.340 e. The van der Waals surface area contributed by atoms with E-state index in [1.54, 1.807) is 27.2 Å². The maximum absolute atomic E-state index is 12.5. The lowest BCUT2D eigenvalue weighted by atomic mass is 10.1. The van der Waals surface area contributed by atoms with Gasteiger partial charge in [-0.2, -0.15) is 5.26 Å². The molecule has 0 unspecified atom stereocenters. The first kappa shape index (κ1) is 24.6. The Morgan fingerprint density at radius 3 is 2.38 bits per heavy atom. The predicted molar refractivity (Wildman–Crippen MR) is 124 cm³/mol. The number of benzene rings is 2. The number of pyridine rings is 1. The second-order valence-corrected chi connectivity index (χ2v) is 7.12. The van der Waals surface area contributed by atoms with Crippen LogP contribution < -0.4 is 14.2 Å². The van der Waals surface area contributed by atoms with E-state index in [-0.39, 0.29) is 43.4 Å². The summed E-state index contributed by atoms with van der Waals surface area (Å²) >= 11 is 0. The van der Waals surface area contributed by atoms with Gasteiger partial charge in [-0.3, -0.25) is 0 Å². The third kappa shape index (κ3) is 6.24. The highest BCUT2D eigenvalue weighted by molar-refractivity contribution is 5.91. The van der Waals surface area contributed by atoms with Crippen LogP contribution in [-0.4, -0.2) is 31.8 Å². The van der Waals surface area contributed by atoms with Crippen molar-refractivity contribution in [3.63, 3.8) is 0 Å². The summed E-state index contributed by atoms with van der Waals surface area (Å²) in [5.74, 6) is 0.753. The van der Waals surface area contributed by atoms with Crippen LogP contribution in [0.3, 0.4) is 0 Å². The van der Waals surface area contributed by atoms with E-state index in [1.165, 1.54) is 6.07 Å². The van der Waals surface area contributed by atoms with Crippen LogP contribution in [0.4, 0.5) is 0 Å². The first-order chi connectivity index (χ1) is 16.6. The number of carbonyl (C=O) groups is 1. The van der Waals surface area contributed by atoms with Gasteiger partial charge >= 0.3 is 5.97 Å². The molecule has 1 aromatic heterocycles. The largest absolute Gasteiger partial charge is 0.493 e. The van der Waals surface area contributed by atoms with Crippen molar-refractivity contribution >= 4 is 5.97 Å². The van der Waals surface area contributed by atoms with Gasteiger partial charge < -0.3 is 23.7 Å². The Morgan fingerprint density at radius 1 is 0.941 bits per heavy atom. The summed E-state index contributed by atoms with van der Waals surface area (Å²) in [5.41, 5.74) is 2.40. The highest BCUT2D eigenvalue weighted by atomic mass is 16.5. The number of esters is 1. The van der Waals surface area contributed by atoms with E-state index in [0.29, 0.717) is 17.2 Å². The molecule has 0 amide bonds. The van der Waals surface area contributed by atoms with Crippen LogP contribution in [0.2, 0.25) is 0 Å². The average Bonchev–Trinajstić information content (AvgIpc) is 2.88. The van der Waals surface area contributed by atoms with Gasteiger partial charge in [-0.15, -0.1) is 0 Å².